The third kappa shape index (κ3) is 1.76. The summed E-state index contributed by atoms with van der Waals surface area (Å²) in [6.45, 7) is 0. The summed E-state index contributed by atoms with van der Waals surface area (Å²) in [6, 6.07) is 5.53. The molecule has 3 rings (SSSR count). The van der Waals surface area contributed by atoms with Crippen LogP contribution >= 0.6 is 15.9 Å². The lowest BCUT2D eigenvalue weighted by molar-refractivity contribution is 0.962. The van der Waals surface area contributed by atoms with Crippen LogP contribution in [0.5, 0.6) is 0 Å². The minimum Gasteiger partial charge on any atom is -0.396 e. The average molecular weight is 290 g/mol. The van der Waals surface area contributed by atoms with Gasteiger partial charge in [-0.2, -0.15) is 0 Å². The Morgan fingerprint density at radius 3 is 2.76 bits per heavy atom. The molecule has 5 nitrogen and oxygen atoms in total. The first-order chi connectivity index (χ1) is 8.24. The molecule has 0 bridgehead atoms. The zero-order valence-electron chi connectivity index (χ0n) is 8.71. The highest BCUT2D eigenvalue weighted by Gasteiger charge is 2.08. The smallest absolute Gasteiger partial charge is 0.182 e. The largest absolute Gasteiger partial charge is 0.396 e. The van der Waals surface area contributed by atoms with Crippen molar-refractivity contribution in [2.24, 2.45) is 0 Å². The highest BCUT2D eigenvalue weighted by atomic mass is 79.9. The molecule has 0 atom stereocenters. The molecular formula is C11H8BrN5. The number of hydrogen-bond donors (Lipinski definition) is 1. The Balaban J connectivity index is 2.24. The lowest BCUT2D eigenvalue weighted by Gasteiger charge is -1.96. The molecule has 3 heterocycles. The molecule has 0 unspecified atom stereocenters. The maximum atomic E-state index is 5.88. The van der Waals surface area contributed by atoms with Crippen molar-refractivity contribution in [2.75, 3.05) is 5.73 Å². The van der Waals surface area contributed by atoms with E-state index in [1.54, 1.807) is 23.0 Å². The van der Waals surface area contributed by atoms with Crippen LogP contribution in [0, 0.1) is 0 Å². The number of pyridine rings is 2. The van der Waals surface area contributed by atoms with Gasteiger partial charge in [0.25, 0.3) is 0 Å². The van der Waals surface area contributed by atoms with Crippen molar-refractivity contribution in [1.29, 1.82) is 0 Å². The van der Waals surface area contributed by atoms with Crippen molar-refractivity contribution < 1.29 is 0 Å². The number of nitrogens with two attached hydrogens (primary N) is 1. The van der Waals surface area contributed by atoms with Crippen LogP contribution in [-0.2, 0) is 0 Å². The molecule has 84 valence electrons. The topological polar surface area (TPSA) is 69.1 Å². The van der Waals surface area contributed by atoms with Crippen molar-refractivity contribution in [3.8, 4) is 11.4 Å². The first-order valence-electron chi connectivity index (χ1n) is 4.96. The second kappa shape index (κ2) is 3.81. The highest BCUT2D eigenvalue weighted by Crippen LogP contribution is 2.21. The summed E-state index contributed by atoms with van der Waals surface area (Å²) in [4.78, 5) is 8.36. The van der Waals surface area contributed by atoms with Crippen LogP contribution in [0.25, 0.3) is 17.0 Å². The number of rotatable bonds is 1. The van der Waals surface area contributed by atoms with E-state index in [4.69, 9.17) is 5.73 Å². The molecule has 0 aliphatic heterocycles. The summed E-state index contributed by atoms with van der Waals surface area (Å²) in [7, 11) is 0. The van der Waals surface area contributed by atoms with E-state index in [1.807, 2.05) is 18.3 Å². The molecule has 0 amide bonds. The summed E-state index contributed by atoms with van der Waals surface area (Å²) < 4.78 is 2.53. The number of aromatic nitrogens is 4. The first-order valence-corrected chi connectivity index (χ1v) is 5.75. The van der Waals surface area contributed by atoms with Crippen molar-refractivity contribution in [1.82, 2.24) is 19.6 Å². The van der Waals surface area contributed by atoms with Crippen LogP contribution in [0.4, 0.5) is 5.69 Å². The van der Waals surface area contributed by atoms with E-state index >= 15 is 0 Å². The van der Waals surface area contributed by atoms with E-state index < -0.39 is 0 Å². The fraction of sp³-hybridized carbons (Fsp3) is 0. The Hall–Kier alpha value is -1.95. The van der Waals surface area contributed by atoms with E-state index in [0.29, 0.717) is 17.2 Å². The van der Waals surface area contributed by atoms with Crippen molar-refractivity contribution >= 4 is 27.3 Å². The van der Waals surface area contributed by atoms with Gasteiger partial charge in [-0.3, -0.25) is 4.98 Å². The zero-order chi connectivity index (χ0) is 11.8. The van der Waals surface area contributed by atoms with Gasteiger partial charge < -0.3 is 5.73 Å². The summed E-state index contributed by atoms with van der Waals surface area (Å²) in [5.41, 5.74) is 8.04. The first kappa shape index (κ1) is 10.2. The number of anilines is 1. The summed E-state index contributed by atoms with van der Waals surface area (Å²) in [5, 5.41) is 4.37. The lowest BCUT2D eigenvalue weighted by Crippen LogP contribution is -1.93. The van der Waals surface area contributed by atoms with Crippen molar-refractivity contribution in [3.63, 3.8) is 0 Å². The fourth-order valence-corrected chi connectivity index (χ4v) is 2.04. The Bertz CT molecular complexity index is 677. The van der Waals surface area contributed by atoms with Crippen LogP contribution in [0.15, 0.2) is 41.3 Å². The van der Waals surface area contributed by atoms with Crippen molar-refractivity contribution in [3.05, 3.63) is 41.3 Å². The third-order valence-electron chi connectivity index (χ3n) is 2.37. The van der Waals surface area contributed by atoms with Crippen LogP contribution < -0.4 is 5.73 Å². The number of halogens is 1. The quantitative estimate of drug-likeness (QED) is 0.745. The van der Waals surface area contributed by atoms with Gasteiger partial charge in [-0.05, 0) is 34.1 Å². The van der Waals surface area contributed by atoms with Crippen LogP contribution in [0.3, 0.4) is 0 Å². The fourth-order valence-electron chi connectivity index (χ4n) is 1.60. The third-order valence-corrected chi connectivity index (χ3v) is 2.80. The molecule has 6 heteroatoms. The van der Waals surface area contributed by atoms with Gasteiger partial charge in [-0.15, -0.1) is 5.10 Å². The van der Waals surface area contributed by atoms with Crippen LogP contribution in [0.1, 0.15) is 0 Å². The molecule has 0 aliphatic carbocycles. The Morgan fingerprint density at radius 2 is 2.00 bits per heavy atom. The number of nitrogen functional groups attached to an aromatic ring is 1. The maximum absolute atomic E-state index is 5.88. The normalized spacial score (nSPS) is 10.9. The van der Waals surface area contributed by atoms with E-state index in [-0.39, 0.29) is 0 Å². The number of fused-ring (bicyclic) bond motifs is 1. The van der Waals surface area contributed by atoms with E-state index in [1.165, 1.54) is 0 Å². The van der Waals surface area contributed by atoms with Gasteiger partial charge in [0.2, 0.25) is 0 Å². The second-order valence-corrected chi connectivity index (χ2v) is 4.47. The van der Waals surface area contributed by atoms with Crippen molar-refractivity contribution in [2.45, 2.75) is 0 Å². The minimum atomic E-state index is 0.590. The van der Waals surface area contributed by atoms with E-state index in [0.717, 1.165) is 10.0 Å². The van der Waals surface area contributed by atoms with Gasteiger partial charge in [0.1, 0.15) is 0 Å². The molecular weight excluding hydrogens is 282 g/mol. The van der Waals surface area contributed by atoms with Gasteiger partial charge in [0, 0.05) is 28.6 Å². The molecule has 3 aromatic heterocycles. The standard InChI is InChI=1S/C11H8BrN5/c12-8-5-9(13)11-15-10(16-17(11)6-8)7-1-3-14-4-2-7/h1-6H,13H2. The van der Waals surface area contributed by atoms with E-state index in [2.05, 4.69) is 31.0 Å². The van der Waals surface area contributed by atoms with Gasteiger partial charge >= 0.3 is 0 Å². The summed E-state index contributed by atoms with van der Waals surface area (Å²) in [5.74, 6) is 0.636. The van der Waals surface area contributed by atoms with Gasteiger partial charge in [-0.1, -0.05) is 0 Å². The van der Waals surface area contributed by atoms with Gasteiger partial charge in [-0.25, -0.2) is 9.50 Å². The van der Waals surface area contributed by atoms with Gasteiger partial charge in [0.15, 0.2) is 11.5 Å². The monoisotopic (exact) mass is 289 g/mol. The molecule has 0 saturated carbocycles. The molecule has 0 radical (unpaired) electrons. The maximum Gasteiger partial charge on any atom is 0.182 e. The minimum absolute atomic E-state index is 0.590. The van der Waals surface area contributed by atoms with Crippen LogP contribution in [0.2, 0.25) is 0 Å². The van der Waals surface area contributed by atoms with Gasteiger partial charge in [0.05, 0.1) is 5.69 Å². The average Bonchev–Trinajstić information content (AvgIpc) is 2.74. The van der Waals surface area contributed by atoms with E-state index in [9.17, 15) is 0 Å². The molecule has 0 spiro atoms. The number of nitrogens with zero attached hydrogens (tertiary/aromatic N) is 4. The molecule has 3 aromatic rings. The SMILES string of the molecule is Nc1cc(Br)cn2nc(-c3ccncc3)nc12. The summed E-state index contributed by atoms with van der Waals surface area (Å²) >= 11 is 3.37. The lowest BCUT2D eigenvalue weighted by atomic mass is 10.2. The Kier molecular flexibility index (Phi) is 2.29. The molecule has 0 fully saturated rings. The summed E-state index contributed by atoms with van der Waals surface area (Å²) in [6.07, 6.45) is 5.24. The molecule has 0 aliphatic rings. The Morgan fingerprint density at radius 1 is 1.24 bits per heavy atom. The predicted octanol–water partition coefficient (Wildman–Crippen LogP) is 2.14. The number of hydrogen-bond acceptors (Lipinski definition) is 4. The predicted molar refractivity (Wildman–Crippen MR) is 68.3 cm³/mol. The Labute approximate surface area is 105 Å². The zero-order valence-corrected chi connectivity index (χ0v) is 10.3. The molecule has 0 aromatic carbocycles. The molecule has 17 heavy (non-hydrogen) atoms. The second-order valence-electron chi connectivity index (χ2n) is 3.55. The molecule has 2 N–H and O–H groups in total. The highest BCUT2D eigenvalue weighted by molar-refractivity contribution is 9.10. The molecule has 0 saturated heterocycles. The van der Waals surface area contributed by atoms with Crippen LogP contribution in [-0.4, -0.2) is 19.6 Å².